The number of esters is 1. The fourth-order valence-corrected chi connectivity index (χ4v) is 2.97. The number of ether oxygens (including phenoxy) is 2. The standard InChI is InChI=1S/C21H22O3/c1-23-21(22)18-11-12-20(24-15-17-9-3-2-4-10-17)19(14-18)13-16-7-5-6-8-16/h2-4,9-14H,5-8,15H2,1H3. The number of carbonyl (C=O) groups excluding carboxylic acids is 1. The lowest BCUT2D eigenvalue weighted by Crippen LogP contribution is -2.03. The maximum atomic E-state index is 11.8. The molecule has 1 aliphatic carbocycles. The van der Waals surface area contributed by atoms with E-state index >= 15 is 0 Å². The van der Waals surface area contributed by atoms with Gasteiger partial charge in [-0.15, -0.1) is 0 Å². The average molecular weight is 322 g/mol. The molecule has 24 heavy (non-hydrogen) atoms. The normalized spacial score (nSPS) is 13.6. The molecule has 0 spiro atoms. The van der Waals surface area contributed by atoms with E-state index in [9.17, 15) is 4.79 Å². The molecular formula is C21H22O3. The van der Waals surface area contributed by atoms with Crippen LogP contribution >= 0.6 is 0 Å². The molecule has 0 heterocycles. The Labute approximate surface area is 142 Å². The zero-order chi connectivity index (χ0) is 16.8. The molecule has 0 saturated heterocycles. The maximum absolute atomic E-state index is 11.8. The lowest BCUT2D eigenvalue weighted by molar-refractivity contribution is 0.0600. The third kappa shape index (κ3) is 4.05. The predicted molar refractivity (Wildman–Crippen MR) is 95.0 cm³/mol. The Morgan fingerprint density at radius 2 is 1.83 bits per heavy atom. The molecule has 3 nitrogen and oxygen atoms in total. The van der Waals surface area contributed by atoms with Crippen LogP contribution in [0.5, 0.6) is 5.75 Å². The van der Waals surface area contributed by atoms with Crippen LogP contribution in [0.3, 0.4) is 0 Å². The summed E-state index contributed by atoms with van der Waals surface area (Å²) in [6, 6.07) is 15.5. The summed E-state index contributed by atoms with van der Waals surface area (Å²) in [7, 11) is 1.40. The largest absolute Gasteiger partial charge is 0.488 e. The quantitative estimate of drug-likeness (QED) is 0.726. The van der Waals surface area contributed by atoms with Crippen LogP contribution in [0.25, 0.3) is 6.08 Å². The van der Waals surface area contributed by atoms with Gasteiger partial charge in [-0.2, -0.15) is 0 Å². The number of hydrogen-bond acceptors (Lipinski definition) is 3. The van der Waals surface area contributed by atoms with Gasteiger partial charge < -0.3 is 9.47 Å². The Balaban J connectivity index is 1.86. The second-order valence-electron chi connectivity index (χ2n) is 6.03. The van der Waals surface area contributed by atoms with Crippen LogP contribution in [0.15, 0.2) is 54.1 Å². The molecule has 0 unspecified atom stereocenters. The van der Waals surface area contributed by atoms with E-state index in [1.807, 2.05) is 42.5 Å². The van der Waals surface area contributed by atoms with Crippen molar-refractivity contribution in [1.82, 2.24) is 0 Å². The van der Waals surface area contributed by atoms with Crippen molar-refractivity contribution in [2.24, 2.45) is 0 Å². The SMILES string of the molecule is COC(=O)c1ccc(OCc2ccccc2)c(C=C2CCCC2)c1. The third-order valence-corrected chi connectivity index (χ3v) is 4.27. The fourth-order valence-electron chi connectivity index (χ4n) is 2.97. The molecule has 2 aromatic rings. The highest BCUT2D eigenvalue weighted by atomic mass is 16.5. The van der Waals surface area contributed by atoms with Crippen LogP contribution in [0, 0.1) is 0 Å². The predicted octanol–water partition coefficient (Wildman–Crippen LogP) is 5.01. The lowest BCUT2D eigenvalue weighted by atomic mass is 10.1. The number of rotatable bonds is 5. The molecule has 3 rings (SSSR count). The molecule has 124 valence electrons. The lowest BCUT2D eigenvalue weighted by Gasteiger charge is -2.12. The summed E-state index contributed by atoms with van der Waals surface area (Å²) in [6.45, 7) is 0.509. The molecule has 1 fully saturated rings. The summed E-state index contributed by atoms with van der Waals surface area (Å²) in [5.74, 6) is 0.474. The molecule has 3 heteroatoms. The van der Waals surface area contributed by atoms with E-state index in [0.717, 1.165) is 29.7 Å². The van der Waals surface area contributed by atoms with Crippen molar-refractivity contribution < 1.29 is 14.3 Å². The van der Waals surface area contributed by atoms with Gasteiger partial charge in [0, 0.05) is 5.56 Å². The Morgan fingerprint density at radius 1 is 1.08 bits per heavy atom. The Morgan fingerprint density at radius 3 is 2.54 bits per heavy atom. The van der Waals surface area contributed by atoms with Gasteiger partial charge in [0.2, 0.25) is 0 Å². The molecule has 2 aromatic carbocycles. The van der Waals surface area contributed by atoms with E-state index in [2.05, 4.69) is 6.08 Å². The molecule has 0 aliphatic heterocycles. The Bertz CT molecular complexity index is 724. The van der Waals surface area contributed by atoms with E-state index < -0.39 is 0 Å². The van der Waals surface area contributed by atoms with Crippen molar-refractivity contribution in [2.75, 3.05) is 7.11 Å². The van der Waals surface area contributed by atoms with Crippen molar-refractivity contribution in [1.29, 1.82) is 0 Å². The van der Waals surface area contributed by atoms with Gasteiger partial charge in [-0.05, 0) is 49.4 Å². The molecule has 0 radical (unpaired) electrons. The maximum Gasteiger partial charge on any atom is 0.337 e. The highest BCUT2D eigenvalue weighted by Gasteiger charge is 2.12. The van der Waals surface area contributed by atoms with Crippen LogP contribution in [0.1, 0.15) is 47.2 Å². The average Bonchev–Trinajstić information content (AvgIpc) is 3.14. The van der Waals surface area contributed by atoms with E-state index in [0.29, 0.717) is 12.2 Å². The zero-order valence-electron chi connectivity index (χ0n) is 14.0. The Hall–Kier alpha value is -2.55. The van der Waals surface area contributed by atoms with Gasteiger partial charge in [0.1, 0.15) is 12.4 Å². The van der Waals surface area contributed by atoms with Gasteiger partial charge in [0.05, 0.1) is 12.7 Å². The first-order chi connectivity index (χ1) is 11.8. The minimum absolute atomic E-state index is 0.323. The first kappa shape index (κ1) is 16.3. The van der Waals surface area contributed by atoms with Gasteiger partial charge in [-0.1, -0.05) is 42.0 Å². The van der Waals surface area contributed by atoms with Crippen LogP contribution in [-0.2, 0) is 11.3 Å². The molecule has 0 aromatic heterocycles. The van der Waals surface area contributed by atoms with Crippen LogP contribution in [0.2, 0.25) is 0 Å². The molecule has 0 bridgehead atoms. The Kier molecular flexibility index (Phi) is 5.32. The molecule has 0 N–H and O–H groups in total. The van der Waals surface area contributed by atoms with Gasteiger partial charge in [0.25, 0.3) is 0 Å². The number of carbonyl (C=O) groups is 1. The van der Waals surface area contributed by atoms with E-state index in [-0.39, 0.29) is 5.97 Å². The third-order valence-electron chi connectivity index (χ3n) is 4.27. The van der Waals surface area contributed by atoms with Crippen LogP contribution in [0.4, 0.5) is 0 Å². The molecule has 1 saturated carbocycles. The topological polar surface area (TPSA) is 35.5 Å². The summed E-state index contributed by atoms with van der Waals surface area (Å²) >= 11 is 0. The molecule has 0 atom stereocenters. The molecule has 0 amide bonds. The zero-order valence-corrected chi connectivity index (χ0v) is 14.0. The van der Waals surface area contributed by atoms with Gasteiger partial charge in [-0.25, -0.2) is 4.79 Å². The second-order valence-corrected chi connectivity index (χ2v) is 6.03. The smallest absolute Gasteiger partial charge is 0.337 e. The highest BCUT2D eigenvalue weighted by Crippen LogP contribution is 2.30. The van der Waals surface area contributed by atoms with Gasteiger partial charge >= 0.3 is 5.97 Å². The van der Waals surface area contributed by atoms with E-state index in [1.165, 1.54) is 25.5 Å². The minimum Gasteiger partial charge on any atom is -0.488 e. The fraction of sp³-hybridized carbons (Fsp3) is 0.286. The first-order valence-electron chi connectivity index (χ1n) is 8.35. The van der Waals surface area contributed by atoms with Crippen LogP contribution < -0.4 is 4.74 Å². The molecule has 1 aliphatic rings. The van der Waals surface area contributed by atoms with Gasteiger partial charge in [-0.3, -0.25) is 0 Å². The summed E-state index contributed by atoms with van der Waals surface area (Å²) in [4.78, 5) is 11.8. The second kappa shape index (κ2) is 7.82. The van der Waals surface area contributed by atoms with Crippen molar-refractivity contribution in [3.8, 4) is 5.75 Å². The van der Waals surface area contributed by atoms with Crippen LogP contribution in [-0.4, -0.2) is 13.1 Å². The van der Waals surface area contributed by atoms with Crippen molar-refractivity contribution in [3.05, 3.63) is 70.8 Å². The number of methoxy groups -OCH3 is 1. The highest BCUT2D eigenvalue weighted by molar-refractivity contribution is 5.90. The number of allylic oxidation sites excluding steroid dienone is 1. The van der Waals surface area contributed by atoms with E-state index in [1.54, 1.807) is 6.07 Å². The van der Waals surface area contributed by atoms with Gasteiger partial charge in [0.15, 0.2) is 0 Å². The van der Waals surface area contributed by atoms with E-state index in [4.69, 9.17) is 9.47 Å². The first-order valence-corrected chi connectivity index (χ1v) is 8.35. The minimum atomic E-state index is -0.323. The molecular weight excluding hydrogens is 300 g/mol. The summed E-state index contributed by atoms with van der Waals surface area (Å²) in [6.07, 6.45) is 6.90. The summed E-state index contributed by atoms with van der Waals surface area (Å²) < 4.78 is 10.8. The number of hydrogen-bond donors (Lipinski definition) is 0. The number of benzene rings is 2. The van der Waals surface area contributed by atoms with Crippen molar-refractivity contribution in [2.45, 2.75) is 32.3 Å². The summed E-state index contributed by atoms with van der Waals surface area (Å²) in [5, 5.41) is 0. The van der Waals surface area contributed by atoms with Crippen molar-refractivity contribution >= 4 is 12.0 Å². The monoisotopic (exact) mass is 322 g/mol. The summed E-state index contributed by atoms with van der Waals surface area (Å²) in [5.41, 5.74) is 4.04. The van der Waals surface area contributed by atoms with Crippen molar-refractivity contribution in [3.63, 3.8) is 0 Å².